The number of rotatable bonds is 0. The Kier molecular flexibility index (Phi) is 7.90. The molecule has 0 unspecified atom stereocenters. The molecule has 0 aliphatic carbocycles. The van der Waals surface area contributed by atoms with Crippen molar-refractivity contribution in [2.75, 3.05) is 0 Å². The first kappa shape index (κ1) is 14.9. The number of nitrogens with zero attached hydrogens (tertiary/aromatic N) is 1. The number of para-hydroxylation sites is 1. The zero-order valence-electron chi connectivity index (χ0n) is 7.07. The second kappa shape index (κ2) is 6.88. The van der Waals surface area contributed by atoms with Crippen LogP contribution < -0.4 is 0 Å². The first-order valence-corrected chi connectivity index (χ1v) is 3.19. The van der Waals surface area contributed by atoms with E-state index in [1.165, 1.54) is 5.39 Å². The number of benzene rings is 1. The van der Waals surface area contributed by atoms with Crippen LogP contribution in [-0.2, 0) is 25.8 Å². The zero-order chi connectivity index (χ0) is 6.81. The van der Waals surface area contributed by atoms with Crippen LogP contribution in [0.5, 0.6) is 0 Å². The number of nitrogens with two attached hydrogens (primary N) is 2. The average Bonchev–Trinajstić information content (AvgIpc) is 2.05. The first-order valence-electron chi connectivity index (χ1n) is 3.19. The predicted molar refractivity (Wildman–Crippen MR) is 51.1 cm³/mol. The van der Waals surface area contributed by atoms with Crippen LogP contribution in [0.1, 0.15) is 0 Å². The molecule has 1 aromatic carbocycles. The summed E-state index contributed by atoms with van der Waals surface area (Å²) in [4.78, 5) is 4.06. The van der Waals surface area contributed by atoms with E-state index >= 15 is 0 Å². The van der Waals surface area contributed by atoms with Crippen LogP contribution in [0.25, 0.3) is 23.2 Å². The van der Waals surface area contributed by atoms with Gasteiger partial charge in [0.1, 0.15) is 0 Å². The van der Waals surface area contributed by atoms with Crippen LogP contribution in [0, 0.1) is 6.20 Å². The van der Waals surface area contributed by atoms with Crippen molar-refractivity contribution >= 4 is 10.9 Å². The van der Waals surface area contributed by atoms with Crippen molar-refractivity contribution in [1.29, 1.82) is 0 Å². The van der Waals surface area contributed by atoms with Crippen LogP contribution in [-0.4, -0.2) is 4.98 Å². The van der Waals surface area contributed by atoms with Gasteiger partial charge in [0, 0.05) is 25.8 Å². The molecular weight excluding hydrogens is 329 g/mol. The summed E-state index contributed by atoms with van der Waals surface area (Å²) in [5, 5.41) is 1.17. The van der Waals surface area contributed by atoms with Gasteiger partial charge in [0.2, 0.25) is 0 Å². The summed E-state index contributed by atoms with van der Waals surface area (Å²) in [5.41, 5.74) is 1.00. The summed E-state index contributed by atoms with van der Waals surface area (Å²) in [6.07, 6.45) is 2.79. The SMILES string of the molecule is [Hf].[NH2-].[NH2-].[c-]1ccc2ccccc2n1. The Labute approximate surface area is 96.5 Å². The van der Waals surface area contributed by atoms with Crippen molar-refractivity contribution < 1.29 is 25.8 Å². The smallest absolute Gasteiger partial charge is 0 e. The maximum Gasteiger partial charge on any atom is 0 e. The Morgan fingerprint density at radius 2 is 1.69 bits per heavy atom. The fourth-order valence-electron chi connectivity index (χ4n) is 0.964. The summed E-state index contributed by atoms with van der Waals surface area (Å²) in [6.45, 7) is 0. The van der Waals surface area contributed by atoms with E-state index < -0.39 is 0 Å². The zero-order valence-corrected chi connectivity index (χ0v) is 10.7. The van der Waals surface area contributed by atoms with Crippen molar-refractivity contribution in [1.82, 2.24) is 4.98 Å². The minimum atomic E-state index is 0. The number of hydrogen-bond donors (Lipinski definition) is 0. The van der Waals surface area contributed by atoms with Gasteiger partial charge in [-0.2, -0.15) is 12.1 Å². The Bertz CT molecular complexity index is 286. The second-order valence-electron chi connectivity index (χ2n) is 2.13. The molecule has 4 heteroatoms. The van der Waals surface area contributed by atoms with Crippen molar-refractivity contribution in [3.8, 4) is 0 Å². The van der Waals surface area contributed by atoms with Crippen LogP contribution in [0.3, 0.4) is 0 Å². The monoisotopic (exact) mass is 340 g/mol. The molecule has 0 aliphatic heterocycles. The molecular formula is C9H10HfN3-3. The second-order valence-corrected chi connectivity index (χ2v) is 2.13. The van der Waals surface area contributed by atoms with E-state index in [4.69, 9.17) is 0 Å². The van der Waals surface area contributed by atoms with E-state index in [0.717, 1.165) is 5.52 Å². The van der Waals surface area contributed by atoms with Crippen LogP contribution in [0.2, 0.25) is 0 Å². The van der Waals surface area contributed by atoms with E-state index in [0.29, 0.717) is 0 Å². The molecule has 0 amide bonds. The van der Waals surface area contributed by atoms with E-state index in [2.05, 4.69) is 11.2 Å². The molecule has 2 aromatic rings. The number of aromatic nitrogens is 1. The minimum Gasteiger partial charge on any atom is -0.693 e. The molecule has 68 valence electrons. The van der Waals surface area contributed by atoms with Crippen molar-refractivity contribution in [2.45, 2.75) is 0 Å². The largest absolute Gasteiger partial charge is 0.693 e. The molecule has 3 nitrogen and oxygen atoms in total. The molecule has 0 radical (unpaired) electrons. The molecule has 0 aliphatic rings. The normalized spacial score (nSPS) is 7.69. The molecule has 0 saturated carbocycles. The van der Waals surface area contributed by atoms with Crippen LogP contribution in [0.4, 0.5) is 0 Å². The number of pyridine rings is 1. The van der Waals surface area contributed by atoms with E-state index in [9.17, 15) is 0 Å². The standard InChI is InChI=1S/C9H6N.Hf.2H2N/c1-2-6-9-8(4-1)5-3-7-10-9;;;/h1-6H;;2*1H2/q-1;;2*-1. The van der Waals surface area contributed by atoms with Gasteiger partial charge in [-0.1, -0.05) is 30.5 Å². The third-order valence-corrected chi connectivity index (χ3v) is 1.46. The molecule has 4 N–H and O–H groups in total. The van der Waals surface area contributed by atoms with Gasteiger partial charge in [-0.15, -0.1) is 5.39 Å². The quantitative estimate of drug-likeness (QED) is 0.535. The maximum atomic E-state index is 4.06. The average molecular weight is 339 g/mol. The van der Waals surface area contributed by atoms with Gasteiger partial charge in [0.15, 0.2) is 0 Å². The summed E-state index contributed by atoms with van der Waals surface area (Å²) >= 11 is 0. The van der Waals surface area contributed by atoms with E-state index in [1.54, 1.807) is 0 Å². The molecule has 1 heterocycles. The molecule has 0 saturated heterocycles. The fraction of sp³-hybridized carbons (Fsp3) is 0. The minimum absolute atomic E-state index is 0. The van der Waals surface area contributed by atoms with Gasteiger partial charge < -0.3 is 17.3 Å². The van der Waals surface area contributed by atoms with Crippen molar-refractivity contribution in [3.05, 3.63) is 54.9 Å². The van der Waals surface area contributed by atoms with Gasteiger partial charge >= 0.3 is 0 Å². The van der Waals surface area contributed by atoms with Gasteiger partial charge in [-0.3, -0.25) is 0 Å². The van der Waals surface area contributed by atoms with Gasteiger partial charge in [-0.25, -0.2) is 0 Å². The van der Waals surface area contributed by atoms with Gasteiger partial charge in [-0.05, 0) is 5.52 Å². The number of fused-ring (bicyclic) bond motifs is 1. The van der Waals surface area contributed by atoms with Crippen molar-refractivity contribution in [3.63, 3.8) is 0 Å². The summed E-state index contributed by atoms with van der Waals surface area (Å²) in [7, 11) is 0. The summed E-state index contributed by atoms with van der Waals surface area (Å²) < 4.78 is 0. The van der Waals surface area contributed by atoms with Crippen LogP contribution in [0.15, 0.2) is 36.4 Å². The molecule has 13 heavy (non-hydrogen) atoms. The fourth-order valence-corrected chi connectivity index (χ4v) is 0.964. The molecule has 1 aromatic heterocycles. The summed E-state index contributed by atoms with van der Waals surface area (Å²) in [5.74, 6) is 0. The molecule has 0 atom stereocenters. The Balaban J connectivity index is 0. The Hall–Kier alpha value is -0.580. The summed E-state index contributed by atoms with van der Waals surface area (Å²) in [6, 6.07) is 11.8. The third kappa shape index (κ3) is 3.34. The third-order valence-electron chi connectivity index (χ3n) is 1.46. The van der Waals surface area contributed by atoms with Crippen molar-refractivity contribution in [2.24, 2.45) is 0 Å². The topological polar surface area (TPSA) is 79.9 Å². The Morgan fingerprint density at radius 3 is 2.38 bits per heavy atom. The number of hydrogen-bond acceptors (Lipinski definition) is 1. The van der Waals surface area contributed by atoms with Gasteiger partial charge in [0.25, 0.3) is 0 Å². The maximum absolute atomic E-state index is 4.06. The molecule has 0 spiro atoms. The van der Waals surface area contributed by atoms with Gasteiger partial charge in [0.05, 0.1) is 0 Å². The first-order chi connectivity index (χ1) is 4.97. The van der Waals surface area contributed by atoms with E-state index in [-0.39, 0.29) is 38.1 Å². The molecule has 0 bridgehead atoms. The van der Waals surface area contributed by atoms with Crippen LogP contribution >= 0.6 is 0 Å². The molecule has 2 rings (SSSR count). The van der Waals surface area contributed by atoms with E-state index in [1.807, 2.05) is 36.4 Å². The predicted octanol–water partition coefficient (Wildman–Crippen LogP) is 3.47. The Morgan fingerprint density at radius 1 is 1.00 bits per heavy atom. The molecule has 0 fully saturated rings.